The lowest BCUT2D eigenvalue weighted by Gasteiger charge is -2.44. The number of nitrogen functional groups attached to an aromatic ring is 1. The molecule has 4 heterocycles. The van der Waals surface area contributed by atoms with E-state index in [0.29, 0.717) is 61.6 Å². The molecule has 0 unspecified atom stereocenters. The third-order valence-corrected chi connectivity index (χ3v) is 10.3. The van der Waals surface area contributed by atoms with Gasteiger partial charge in [0.1, 0.15) is 5.60 Å². The molecule has 3 amide bonds. The lowest BCUT2D eigenvalue weighted by atomic mass is 9.79. The Labute approximate surface area is 263 Å². The number of carbonyl (C=O) groups is 3. The second-order valence-electron chi connectivity index (χ2n) is 12.7. The average Bonchev–Trinajstić information content (AvgIpc) is 3.03. The zero-order chi connectivity index (χ0) is 30.8. The molecule has 0 saturated carbocycles. The molecule has 2 aromatic rings. The van der Waals surface area contributed by atoms with Crippen molar-refractivity contribution in [1.82, 2.24) is 15.1 Å². The second kappa shape index (κ2) is 12.9. The van der Waals surface area contributed by atoms with Crippen LogP contribution < -0.4 is 16.4 Å². The smallest absolute Gasteiger partial charge is 0.412 e. The number of nitrogens with zero attached hydrogens (tertiary/aromatic N) is 2. The fourth-order valence-corrected chi connectivity index (χ4v) is 7.71. The zero-order valence-electron chi connectivity index (χ0n) is 25.3. The van der Waals surface area contributed by atoms with E-state index < -0.39 is 23.9 Å². The Balaban J connectivity index is 1.14. The molecule has 1 spiro atoms. The maximum atomic E-state index is 14.0. The fraction of sp³-hybridized carbons (Fsp3) is 0.545. The first-order valence-electron chi connectivity index (χ1n) is 15.8. The number of aryl methyl sites for hydroxylation is 1. The van der Waals surface area contributed by atoms with Crippen molar-refractivity contribution in [2.45, 2.75) is 63.6 Å². The Bertz CT molecular complexity index is 1370. The first-order valence-corrected chi connectivity index (χ1v) is 16.2. The number of piperidine rings is 3. The number of carbonyl (C=O) groups excluding carboxylic acids is 3. The van der Waals surface area contributed by atoms with Crippen LogP contribution in [0, 0.1) is 18.8 Å². The number of hydrogen-bond donors (Lipinski definition) is 3. The number of para-hydroxylation sites is 1. The molecule has 0 radical (unpaired) electrons. The predicted molar refractivity (Wildman–Crippen MR) is 169 cm³/mol. The lowest BCUT2D eigenvalue weighted by molar-refractivity contribution is -0.143. The van der Waals surface area contributed by atoms with Gasteiger partial charge in [-0.2, -0.15) is 0 Å². The third kappa shape index (κ3) is 6.33. The van der Waals surface area contributed by atoms with Crippen LogP contribution in [0.15, 0.2) is 36.4 Å². The number of anilines is 2. The molecule has 0 bridgehead atoms. The topological polar surface area (TPSA) is 126 Å². The molecule has 4 aliphatic rings. The normalized spacial score (nSPS) is 21.3. The minimum atomic E-state index is -0.995. The lowest BCUT2D eigenvalue weighted by Crippen LogP contribution is -2.52. The van der Waals surface area contributed by atoms with Gasteiger partial charge in [-0.1, -0.05) is 35.9 Å². The highest BCUT2D eigenvalue weighted by Gasteiger charge is 2.46. The van der Waals surface area contributed by atoms with Crippen LogP contribution in [0.3, 0.4) is 0 Å². The van der Waals surface area contributed by atoms with Crippen molar-refractivity contribution in [3.8, 4) is 0 Å². The number of ether oxygens (including phenoxy) is 2. The summed E-state index contributed by atoms with van der Waals surface area (Å²) in [5.74, 6) is 1.15. The molecule has 4 aliphatic heterocycles. The number of amides is 3. The number of nitrogens with two attached hydrogens (primary N) is 1. The predicted octanol–water partition coefficient (Wildman–Crippen LogP) is 5.07. The maximum absolute atomic E-state index is 14.0. The monoisotopic (exact) mass is 623 g/mol. The minimum absolute atomic E-state index is 0.178. The van der Waals surface area contributed by atoms with Gasteiger partial charge in [0.05, 0.1) is 16.4 Å². The average molecular weight is 624 g/mol. The van der Waals surface area contributed by atoms with Gasteiger partial charge < -0.3 is 30.3 Å². The van der Waals surface area contributed by atoms with Crippen molar-refractivity contribution in [3.05, 3.63) is 58.1 Å². The molecule has 0 aliphatic carbocycles. The fourth-order valence-electron chi connectivity index (χ4n) is 7.42. The summed E-state index contributed by atoms with van der Waals surface area (Å²) in [5, 5.41) is 6.62. The van der Waals surface area contributed by atoms with Gasteiger partial charge in [-0.05, 0) is 80.8 Å². The first-order chi connectivity index (χ1) is 21.2. The molecule has 2 aromatic carbocycles. The highest BCUT2D eigenvalue weighted by atomic mass is 35.5. The summed E-state index contributed by atoms with van der Waals surface area (Å²) in [6.45, 7) is 5.98. The molecule has 44 heavy (non-hydrogen) atoms. The number of likely N-dealkylation sites (tertiary alicyclic amines) is 2. The Hall–Kier alpha value is -3.50. The molecule has 10 nitrogen and oxygen atoms in total. The summed E-state index contributed by atoms with van der Waals surface area (Å²) in [7, 11) is 0. The van der Waals surface area contributed by atoms with Crippen molar-refractivity contribution in [1.29, 1.82) is 0 Å². The van der Waals surface area contributed by atoms with Crippen LogP contribution in [0.25, 0.3) is 0 Å². The van der Waals surface area contributed by atoms with E-state index in [-0.39, 0.29) is 12.3 Å². The number of hydrogen-bond acceptors (Lipinski definition) is 7. The summed E-state index contributed by atoms with van der Waals surface area (Å²) in [6.07, 6.45) is 3.34. The maximum Gasteiger partial charge on any atom is 0.412 e. The molecule has 0 aromatic heterocycles. The molecule has 6 rings (SSSR count). The standard InChI is InChI=1S/C33H42ClN5O5/c1-21-18-22(19-26(34)29(21)35)20-28(30(40)38-14-8-24(9-15-38)23-6-12-36-13-7-23)43-32(42)39-16-10-33(11-17-39)25-4-2-3-5-27(25)37-31(41)44-33/h2-5,18-19,23-24,28,36H,6-17,20,35H2,1H3,(H,37,41)/t28-/m1/s1. The quantitative estimate of drug-likeness (QED) is 0.397. The van der Waals surface area contributed by atoms with E-state index in [0.717, 1.165) is 48.3 Å². The van der Waals surface area contributed by atoms with Crippen molar-refractivity contribution >= 4 is 41.1 Å². The number of nitrogens with one attached hydrogen (secondary N) is 2. The van der Waals surface area contributed by atoms with Gasteiger partial charge in [-0.3, -0.25) is 10.1 Å². The van der Waals surface area contributed by atoms with Crippen molar-refractivity contribution < 1.29 is 23.9 Å². The van der Waals surface area contributed by atoms with Gasteiger partial charge in [0.2, 0.25) is 0 Å². The first kappa shape index (κ1) is 30.5. The van der Waals surface area contributed by atoms with E-state index in [4.69, 9.17) is 26.8 Å². The summed E-state index contributed by atoms with van der Waals surface area (Å²) >= 11 is 6.38. The van der Waals surface area contributed by atoms with E-state index in [2.05, 4.69) is 10.6 Å². The van der Waals surface area contributed by atoms with Crippen LogP contribution >= 0.6 is 11.6 Å². The number of rotatable bonds is 5. The Morgan fingerprint density at radius 3 is 2.43 bits per heavy atom. The second-order valence-corrected chi connectivity index (χ2v) is 13.1. The SMILES string of the molecule is Cc1cc(C[C@@H](OC(=O)N2CCC3(CC2)OC(=O)Nc2ccccc23)C(=O)N2CCC(C3CCNCC3)CC2)cc(Cl)c1N. The third-order valence-electron chi connectivity index (χ3n) is 10.0. The number of fused-ring (bicyclic) bond motifs is 2. The molecule has 236 valence electrons. The summed E-state index contributed by atoms with van der Waals surface area (Å²) < 4.78 is 11.8. The van der Waals surface area contributed by atoms with E-state index in [9.17, 15) is 14.4 Å². The molecular formula is C33H42ClN5O5. The summed E-state index contributed by atoms with van der Waals surface area (Å²) in [4.78, 5) is 43.3. The van der Waals surface area contributed by atoms with Crippen LogP contribution in [0.5, 0.6) is 0 Å². The Morgan fingerprint density at radius 1 is 1.05 bits per heavy atom. The van der Waals surface area contributed by atoms with E-state index in [1.165, 1.54) is 12.8 Å². The van der Waals surface area contributed by atoms with E-state index >= 15 is 0 Å². The van der Waals surface area contributed by atoms with Crippen molar-refractivity contribution in [2.24, 2.45) is 11.8 Å². The molecular weight excluding hydrogens is 582 g/mol. The highest BCUT2D eigenvalue weighted by Crippen LogP contribution is 2.43. The van der Waals surface area contributed by atoms with Gasteiger partial charge in [-0.15, -0.1) is 0 Å². The summed E-state index contributed by atoms with van der Waals surface area (Å²) in [6, 6.07) is 11.2. The van der Waals surface area contributed by atoms with Gasteiger partial charge in [-0.25, -0.2) is 9.59 Å². The largest absolute Gasteiger partial charge is 0.438 e. The van der Waals surface area contributed by atoms with Crippen LogP contribution in [-0.4, -0.2) is 73.3 Å². The van der Waals surface area contributed by atoms with Crippen LogP contribution in [0.1, 0.15) is 55.2 Å². The number of benzene rings is 2. The number of halogens is 1. The molecule has 11 heteroatoms. The van der Waals surface area contributed by atoms with Crippen molar-refractivity contribution in [2.75, 3.05) is 50.3 Å². The van der Waals surface area contributed by atoms with Crippen LogP contribution in [-0.2, 0) is 26.3 Å². The van der Waals surface area contributed by atoms with Crippen LogP contribution in [0.4, 0.5) is 21.0 Å². The van der Waals surface area contributed by atoms with Gasteiger partial charge in [0.15, 0.2) is 6.10 Å². The minimum Gasteiger partial charge on any atom is -0.438 e. The zero-order valence-corrected chi connectivity index (χ0v) is 26.0. The van der Waals surface area contributed by atoms with E-state index in [1.807, 2.05) is 42.2 Å². The molecule has 1 atom stereocenters. The highest BCUT2D eigenvalue weighted by molar-refractivity contribution is 6.33. The summed E-state index contributed by atoms with van der Waals surface area (Å²) in [5.41, 5.74) is 9.00. The molecule has 3 fully saturated rings. The molecule has 4 N–H and O–H groups in total. The van der Waals surface area contributed by atoms with Gasteiger partial charge in [0.25, 0.3) is 5.91 Å². The van der Waals surface area contributed by atoms with Gasteiger partial charge in [0, 0.05) is 51.0 Å². The van der Waals surface area contributed by atoms with Crippen molar-refractivity contribution in [3.63, 3.8) is 0 Å². The van der Waals surface area contributed by atoms with Crippen LogP contribution in [0.2, 0.25) is 5.02 Å². The molecule has 3 saturated heterocycles. The van der Waals surface area contributed by atoms with Gasteiger partial charge >= 0.3 is 12.2 Å². The van der Waals surface area contributed by atoms with E-state index in [1.54, 1.807) is 11.0 Å². The Kier molecular flexibility index (Phi) is 8.91. The Morgan fingerprint density at radius 2 is 1.73 bits per heavy atom.